The van der Waals surface area contributed by atoms with Crippen LogP contribution in [0.15, 0.2) is 30.3 Å². The maximum atomic E-state index is 10.6. The largest absolute Gasteiger partial charge is 0.314 e. The molecule has 0 heterocycles. The van der Waals surface area contributed by atoms with Crippen LogP contribution in [0.1, 0.15) is 0 Å². The summed E-state index contributed by atoms with van der Waals surface area (Å²) in [4.78, 5) is 20.6. The van der Waals surface area contributed by atoms with Crippen molar-refractivity contribution in [1.29, 1.82) is 0 Å². The zero-order valence-electron chi connectivity index (χ0n) is 6.18. The molecular weight excluding hydrogens is 158 g/mol. The topological polar surface area (TPSA) is 57.6 Å². The summed E-state index contributed by atoms with van der Waals surface area (Å²) in [6.07, 6.45) is 0.0486. The second kappa shape index (κ2) is 3.64. The fourth-order valence-electron chi connectivity index (χ4n) is 0.746. The number of para-hydroxylation sites is 1. The van der Waals surface area contributed by atoms with Gasteiger partial charge >= 0.3 is 5.91 Å². The van der Waals surface area contributed by atoms with Gasteiger partial charge in [0.05, 0.1) is 5.69 Å². The number of hydrogen-bond acceptors (Lipinski definition) is 3. The molecule has 0 aromatic heterocycles. The molecule has 0 saturated carbocycles. The van der Waals surface area contributed by atoms with Crippen LogP contribution in [0.2, 0.25) is 0 Å². The first kappa shape index (κ1) is 8.42. The van der Waals surface area contributed by atoms with E-state index in [0.29, 0.717) is 5.06 Å². The van der Waals surface area contributed by atoms with Crippen molar-refractivity contribution in [3.63, 3.8) is 0 Å². The van der Waals surface area contributed by atoms with Crippen molar-refractivity contribution >= 4 is 17.9 Å². The molecule has 0 aliphatic heterocycles. The number of hydrogen-bond donors (Lipinski definition) is 1. The number of aldehydes is 1. The maximum Gasteiger partial charge on any atom is 0.314 e. The zero-order valence-corrected chi connectivity index (χ0v) is 6.18. The number of amides is 1. The molecule has 0 saturated heterocycles. The minimum absolute atomic E-state index is 0.0486. The Hall–Kier alpha value is -1.68. The van der Waals surface area contributed by atoms with E-state index in [1.54, 1.807) is 18.2 Å². The highest BCUT2D eigenvalue weighted by Gasteiger charge is 2.09. The monoisotopic (exact) mass is 165 g/mol. The van der Waals surface area contributed by atoms with Crippen LogP contribution in [-0.2, 0) is 9.59 Å². The molecule has 0 radical (unpaired) electrons. The molecule has 12 heavy (non-hydrogen) atoms. The van der Waals surface area contributed by atoms with Gasteiger partial charge in [0.25, 0.3) is 0 Å². The van der Waals surface area contributed by atoms with Gasteiger partial charge in [0.2, 0.25) is 6.29 Å². The molecular formula is C8H7NO3. The van der Waals surface area contributed by atoms with Crippen LogP contribution in [0.3, 0.4) is 0 Å². The molecule has 0 bridgehead atoms. The molecule has 0 unspecified atom stereocenters. The summed E-state index contributed by atoms with van der Waals surface area (Å²) in [5.74, 6) is -0.985. The second-order valence-electron chi connectivity index (χ2n) is 2.10. The van der Waals surface area contributed by atoms with Crippen LogP contribution in [0, 0.1) is 0 Å². The van der Waals surface area contributed by atoms with Crippen molar-refractivity contribution in [2.45, 2.75) is 0 Å². The van der Waals surface area contributed by atoms with Crippen LogP contribution < -0.4 is 5.06 Å². The highest BCUT2D eigenvalue weighted by molar-refractivity contribution is 6.29. The van der Waals surface area contributed by atoms with Gasteiger partial charge in [0.1, 0.15) is 0 Å². The van der Waals surface area contributed by atoms with Gasteiger partial charge in [-0.2, -0.15) is 5.06 Å². The second-order valence-corrected chi connectivity index (χ2v) is 2.10. The van der Waals surface area contributed by atoms with Gasteiger partial charge in [-0.25, -0.2) is 0 Å². The Kier molecular flexibility index (Phi) is 2.55. The first-order valence-electron chi connectivity index (χ1n) is 3.29. The van der Waals surface area contributed by atoms with Crippen molar-refractivity contribution in [1.82, 2.24) is 0 Å². The molecule has 1 amide bonds. The van der Waals surface area contributed by atoms with Crippen LogP contribution in [0.5, 0.6) is 0 Å². The van der Waals surface area contributed by atoms with E-state index >= 15 is 0 Å². The van der Waals surface area contributed by atoms with Crippen molar-refractivity contribution < 1.29 is 14.8 Å². The van der Waals surface area contributed by atoms with E-state index in [-0.39, 0.29) is 12.0 Å². The lowest BCUT2D eigenvalue weighted by atomic mass is 10.3. The quantitative estimate of drug-likeness (QED) is 0.302. The summed E-state index contributed by atoms with van der Waals surface area (Å²) in [7, 11) is 0. The molecule has 0 aliphatic carbocycles. The van der Waals surface area contributed by atoms with E-state index in [2.05, 4.69) is 0 Å². The van der Waals surface area contributed by atoms with E-state index in [0.717, 1.165) is 0 Å². The Morgan fingerprint density at radius 2 is 1.92 bits per heavy atom. The Bertz CT molecular complexity index is 284. The minimum Gasteiger partial charge on any atom is -0.292 e. The van der Waals surface area contributed by atoms with Gasteiger partial charge in [-0.15, -0.1) is 0 Å². The van der Waals surface area contributed by atoms with Gasteiger partial charge in [-0.1, -0.05) is 18.2 Å². The summed E-state index contributed by atoms with van der Waals surface area (Å²) in [6.45, 7) is 0. The fraction of sp³-hybridized carbons (Fsp3) is 0. The van der Waals surface area contributed by atoms with Gasteiger partial charge in [0, 0.05) is 0 Å². The molecule has 0 atom stereocenters. The zero-order chi connectivity index (χ0) is 8.97. The van der Waals surface area contributed by atoms with Gasteiger partial charge in [-0.05, 0) is 12.1 Å². The molecule has 1 aromatic rings. The highest BCUT2D eigenvalue weighted by atomic mass is 16.5. The first-order chi connectivity index (χ1) is 5.75. The number of nitrogens with zero attached hydrogens (tertiary/aromatic N) is 1. The lowest BCUT2D eigenvalue weighted by molar-refractivity contribution is -0.133. The van der Waals surface area contributed by atoms with Gasteiger partial charge in [-0.3, -0.25) is 14.8 Å². The van der Waals surface area contributed by atoms with Crippen molar-refractivity contribution in [2.24, 2.45) is 0 Å². The van der Waals surface area contributed by atoms with Crippen molar-refractivity contribution in [3.8, 4) is 0 Å². The average Bonchev–Trinajstić information content (AvgIpc) is 2.17. The van der Waals surface area contributed by atoms with E-state index in [9.17, 15) is 9.59 Å². The number of rotatable bonds is 2. The Morgan fingerprint density at radius 1 is 1.33 bits per heavy atom. The lowest BCUT2D eigenvalue weighted by Crippen LogP contribution is -2.27. The summed E-state index contributed by atoms with van der Waals surface area (Å²) >= 11 is 0. The normalized spacial score (nSPS) is 9.08. The third-order valence-corrected chi connectivity index (χ3v) is 1.31. The molecule has 1 aromatic carbocycles. The van der Waals surface area contributed by atoms with Crippen molar-refractivity contribution in [2.75, 3.05) is 5.06 Å². The first-order valence-corrected chi connectivity index (χ1v) is 3.29. The Balaban J connectivity index is 2.85. The molecule has 0 aliphatic rings. The smallest absolute Gasteiger partial charge is 0.292 e. The van der Waals surface area contributed by atoms with E-state index in [1.807, 2.05) is 0 Å². The van der Waals surface area contributed by atoms with Gasteiger partial charge < -0.3 is 0 Å². The molecule has 4 heteroatoms. The predicted octanol–water partition coefficient (Wildman–Crippen LogP) is 0.608. The Labute approximate surface area is 69.0 Å². The summed E-state index contributed by atoms with van der Waals surface area (Å²) < 4.78 is 0. The fourth-order valence-corrected chi connectivity index (χ4v) is 0.746. The van der Waals surface area contributed by atoms with E-state index < -0.39 is 5.91 Å². The summed E-state index contributed by atoms with van der Waals surface area (Å²) in [5, 5.41) is 9.34. The number of benzene rings is 1. The maximum absolute atomic E-state index is 10.6. The van der Waals surface area contributed by atoms with E-state index in [4.69, 9.17) is 5.21 Å². The minimum atomic E-state index is -0.985. The predicted molar refractivity (Wildman–Crippen MR) is 41.8 cm³/mol. The third kappa shape index (κ3) is 1.67. The SMILES string of the molecule is O=CC(=O)N(O)c1ccccc1. The van der Waals surface area contributed by atoms with E-state index in [1.165, 1.54) is 12.1 Å². The Morgan fingerprint density at radius 3 is 2.42 bits per heavy atom. The van der Waals surface area contributed by atoms with Crippen LogP contribution in [-0.4, -0.2) is 17.4 Å². The summed E-state index contributed by atoms with van der Waals surface area (Å²) in [6, 6.07) is 8.07. The molecule has 62 valence electrons. The number of anilines is 1. The van der Waals surface area contributed by atoms with Crippen LogP contribution >= 0.6 is 0 Å². The van der Waals surface area contributed by atoms with Crippen LogP contribution in [0.4, 0.5) is 5.69 Å². The highest BCUT2D eigenvalue weighted by Crippen LogP contribution is 2.09. The third-order valence-electron chi connectivity index (χ3n) is 1.31. The molecule has 0 fully saturated rings. The van der Waals surface area contributed by atoms with Crippen molar-refractivity contribution in [3.05, 3.63) is 30.3 Å². The summed E-state index contributed by atoms with van der Waals surface area (Å²) in [5.41, 5.74) is 0.273. The number of carbonyl (C=O) groups is 2. The average molecular weight is 165 g/mol. The molecule has 0 spiro atoms. The standard InChI is InChI=1S/C8H7NO3/c10-6-8(11)9(12)7-4-2-1-3-5-7/h1-6,12H. The van der Waals surface area contributed by atoms with Gasteiger partial charge in [0.15, 0.2) is 0 Å². The van der Waals surface area contributed by atoms with Crippen LogP contribution in [0.25, 0.3) is 0 Å². The molecule has 1 N–H and O–H groups in total. The number of hydroxylamine groups is 1. The number of carbonyl (C=O) groups excluding carboxylic acids is 2. The molecule has 1 rings (SSSR count). The lowest BCUT2D eigenvalue weighted by Gasteiger charge is -2.10. The molecule has 4 nitrogen and oxygen atoms in total.